The van der Waals surface area contributed by atoms with Crippen molar-refractivity contribution in [3.8, 4) is 0 Å². The predicted molar refractivity (Wildman–Crippen MR) is 73.4 cm³/mol. The second-order valence-electron chi connectivity index (χ2n) is 5.86. The number of morpholine rings is 1. The SMILES string of the molecule is CC(C)CCCN1CCOCC1CNC(C)C. The minimum Gasteiger partial charge on any atom is -0.378 e. The Morgan fingerprint density at radius 2 is 2.06 bits per heavy atom. The van der Waals surface area contributed by atoms with E-state index in [0.29, 0.717) is 12.1 Å². The lowest BCUT2D eigenvalue weighted by molar-refractivity contribution is -0.00822. The molecule has 0 saturated carbocycles. The Balaban J connectivity index is 2.26. The molecule has 1 atom stereocenters. The summed E-state index contributed by atoms with van der Waals surface area (Å²) >= 11 is 0. The summed E-state index contributed by atoms with van der Waals surface area (Å²) in [7, 11) is 0. The van der Waals surface area contributed by atoms with Gasteiger partial charge in [-0.1, -0.05) is 27.7 Å². The minimum absolute atomic E-state index is 0.564. The van der Waals surface area contributed by atoms with Crippen molar-refractivity contribution < 1.29 is 4.74 Å². The molecule has 0 amide bonds. The van der Waals surface area contributed by atoms with Gasteiger partial charge in [-0.3, -0.25) is 4.90 Å². The molecule has 1 aliphatic rings. The fourth-order valence-corrected chi connectivity index (χ4v) is 2.25. The highest BCUT2D eigenvalue weighted by molar-refractivity contribution is 4.78. The molecular weight excluding hydrogens is 212 g/mol. The van der Waals surface area contributed by atoms with E-state index in [9.17, 15) is 0 Å². The van der Waals surface area contributed by atoms with Crippen molar-refractivity contribution in [3.63, 3.8) is 0 Å². The second kappa shape index (κ2) is 8.06. The standard InChI is InChI=1S/C14H30N2O/c1-12(2)6-5-7-16-8-9-17-11-14(16)10-15-13(3)4/h12-15H,5-11H2,1-4H3. The summed E-state index contributed by atoms with van der Waals surface area (Å²) in [5.41, 5.74) is 0. The Bertz CT molecular complexity index is 195. The highest BCUT2D eigenvalue weighted by Gasteiger charge is 2.22. The monoisotopic (exact) mass is 242 g/mol. The number of rotatable bonds is 7. The van der Waals surface area contributed by atoms with Gasteiger partial charge < -0.3 is 10.1 Å². The fraction of sp³-hybridized carbons (Fsp3) is 1.00. The summed E-state index contributed by atoms with van der Waals surface area (Å²) in [6, 6.07) is 1.13. The van der Waals surface area contributed by atoms with Crippen molar-refractivity contribution in [2.24, 2.45) is 5.92 Å². The van der Waals surface area contributed by atoms with Gasteiger partial charge in [0, 0.05) is 25.2 Å². The van der Waals surface area contributed by atoms with E-state index in [0.717, 1.165) is 32.2 Å². The van der Waals surface area contributed by atoms with Gasteiger partial charge in [0.05, 0.1) is 13.2 Å². The smallest absolute Gasteiger partial charge is 0.0634 e. The van der Waals surface area contributed by atoms with E-state index in [2.05, 4.69) is 37.9 Å². The minimum atomic E-state index is 0.564. The zero-order chi connectivity index (χ0) is 12.7. The Morgan fingerprint density at radius 3 is 2.71 bits per heavy atom. The van der Waals surface area contributed by atoms with Crippen LogP contribution in [0.2, 0.25) is 0 Å². The van der Waals surface area contributed by atoms with Gasteiger partial charge in [-0.15, -0.1) is 0 Å². The molecule has 0 aromatic rings. The van der Waals surface area contributed by atoms with Crippen LogP contribution in [0.1, 0.15) is 40.5 Å². The zero-order valence-electron chi connectivity index (χ0n) is 12.0. The first kappa shape index (κ1) is 14.9. The van der Waals surface area contributed by atoms with Crippen LogP contribution in [0, 0.1) is 5.92 Å². The highest BCUT2D eigenvalue weighted by atomic mass is 16.5. The first-order valence-electron chi connectivity index (χ1n) is 7.14. The molecule has 1 rings (SSSR count). The van der Waals surface area contributed by atoms with Crippen molar-refractivity contribution in [1.29, 1.82) is 0 Å². The number of nitrogens with one attached hydrogen (secondary N) is 1. The van der Waals surface area contributed by atoms with Crippen LogP contribution in [-0.4, -0.2) is 49.8 Å². The van der Waals surface area contributed by atoms with Crippen LogP contribution in [0.5, 0.6) is 0 Å². The Morgan fingerprint density at radius 1 is 1.29 bits per heavy atom. The fourth-order valence-electron chi connectivity index (χ4n) is 2.25. The summed E-state index contributed by atoms with van der Waals surface area (Å²) in [6.45, 7) is 14.2. The van der Waals surface area contributed by atoms with Crippen LogP contribution in [0.25, 0.3) is 0 Å². The maximum absolute atomic E-state index is 5.59. The molecule has 0 spiro atoms. The summed E-state index contributed by atoms with van der Waals surface area (Å²) in [5, 5.41) is 3.52. The summed E-state index contributed by atoms with van der Waals surface area (Å²) in [5.74, 6) is 0.822. The Kier molecular flexibility index (Phi) is 7.09. The van der Waals surface area contributed by atoms with Gasteiger partial charge in [0.1, 0.15) is 0 Å². The third kappa shape index (κ3) is 6.39. The maximum Gasteiger partial charge on any atom is 0.0634 e. The second-order valence-corrected chi connectivity index (χ2v) is 5.86. The molecule has 0 aromatic heterocycles. The molecular formula is C14H30N2O. The molecule has 3 nitrogen and oxygen atoms in total. The van der Waals surface area contributed by atoms with Crippen molar-refractivity contribution in [1.82, 2.24) is 10.2 Å². The lowest BCUT2D eigenvalue weighted by Gasteiger charge is -2.36. The van der Waals surface area contributed by atoms with Crippen molar-refractivity contribution in [2.45, 2.75) is 52.6 Å². The first-order valence-corrected chi connectivity index (χ1v) is 7.14. The van der Waals surface area contributed by atoms with E-state index in [1.807, 2.05) is 0 Å². The average molecular weight is 242 g/mol. The molecule has 1 fully saturated rings. The zero-order valence-corrected chi connectivity index (χ0v) is 12.0. The van der Waals surface area contributed by atoms with Crippen LogP contribution in [0.15, 0.2) is 0 Å². The van der Waals surface area contributed by atoms with E-state index in [1.54, 1.807) is 0 Å². The van der Waals surface area contributed by atoms with E-state index in [1.165, 1.54) is 19.4 Å². The first-order chi connectivity index (χ1) is 8.09. The van der Waals surface area contributed by atoms with Gasteiger partial charge in [0.25, 0.3) is 0 Å². The van der Waals surface area contributed by atoms with Crippen LogP contribution >= 0.6 is 0 Å². The topological polar surface area (TPSA) is 24.5 Å². The largest absolute Gasteiger partial charge is 0.378 e. The van der Waals surface area contributed by atoms with Crippen molar-refractivity contribution >= 4 is 0 Å². The molecule has 0 bridgehead atoms. The molecule has 1 saturated heterocycles. The molecule has 0 aliphatic carbocycles. The predicted octanol–water partition coefficient (Wildman–Crippen LogP) is 2.12. The van der Waals surface area contributed by atoms with Gasteiger partial charge in [0.15, 0.2) is 0 Å². The maximum atomic E-state index is 5.59. The van der Waals surface area contributed by atoms with Crippen LogP contribution in [-0.2, 0) is 4.74 Å². The third-order valence-electron chi connectivity index (χ3n) is 3.34. The van der Waals surface area contributed by atoms with Gasteiger partial charge in [-0.05, 0) is 25.3 Å². The average Bonchev–Trinajstić information content (AvgIpc) is 2.27. The van der Waals surface area contributed by atoms with Crippen LogP contribution in [0.3, 0.4) is 0 Å². The van der Waals surface area contributed by atoms with Gasteiger partial charge in [0.2, 0.25) is 0 Å². The van der Waals surface area contributed by atoms with Crippen LogP contribution in [0.4, 0.5) is 0 Å². The van der Waals surface area contributed by atoms with E-state index in [-0.39, 0.29) is 0 Å². The number of hydrogen-bond donors (Lipinski definition) is 1. The van der Waals surface area contributed by atoms with Crippen LogP contribution < -0.4 is 5.32 Å². The lowest BCUT2D eigenvalue weighted by Crippen LogP contribution is -2.51. The molecule has 17 heavy (non-hydrogen) atoms. The molecule has 0 radical (unpaired) electrons. The molecule has 1 N–H and O–H groups in total. The molecule has 1 unspecified atom stereocenters. The molecule has 0 aromatic carbocycles. The number of ether oxygens (including phenoxy) is 1. The summed E-state index contributed by atoms with van der Waals surface area (Å²) < 4.78 is 5.59. The molecule has 3 heteroatoms. The molecule has 1 aliphatic heterocycles. The summed E-state index contributed by atoms with van der Waals surface area (Å²) in [4.78, 5) is 2.60. The van der Waals surface area contributed by atoms with E-state index in [4.69, 9.17) is 4.74 Å². The molecule has 102 valence electrons. The molecule has 1 heterocycles. The Hall–Kier alpha value is -0.120. The number of nitrogens with zero attached hydrogens (tertiary/aromatic N) is 1. The van der Waals surface area contributed by atoms with Gasteiger partial charge in [-0.25, -0.2) is 0 Å². The van der Waals surface area contributed by atoms with E-state index < -0.39 is 0 Å². The third-order valence-corrected chi connectivity index (χ3v) is 3.34. The highest BCUT2D eigenvalue weighted by Crippen LogP contribution is 2.10. The lowest BCUT2D eigenvalue weighted by atomic mass is 10.1. The quantitative estimate of drug-likeness (QED) is 0.740. The summed E-state index contributed by atoms with van der Waals surface area (Å²) in [6.07, 6.45) is 2.65. The van der Waals surface area contributed by atoms with Gasteiger partial charge >= 0.3 is 0 Å². The van der Waals surface area contributed by atoms with Gasteiger partial charge in [-0.2, -0.15) is 0 Å². The number of hydrogen-bond acceptors (Lipinski definition) is 3. The normalized spacial score (nSPS) is 22.6. The van der Waals surface area contributed by atoms with E-state index >= 15 is 0 Å². The Labute approximate surface area is 107 Å². The van der Waals surface area contributed by atoms with Crippen molar-refractivity contribution in [2.75, 3.05) is 32.8 Å². The van der Waals surface area contributed by atoms with Crippen molar-refractivity contribution in [3.05, 3.63) is 0 Å².